The fourth-order valence-corrected chi connectivity index (χ4v) is 1.46. The van der Waals surface area contributed by atoms with Gasteiger partial charge in [0.2, 0.25) is 0 Å². The largest absolute Gasteiger partial charge is 0.507 e. The van der Waals surface area contributed by atoms with Gasteiger partial charge in [-0.15, -0.1) is 0 Å². The number of hydrogen-bond donors (Lipinski definition) is 1. The summed E-state index contributed by atoms with van der Waals surface area (Å²) in [6.07, 6.45) is 5.57. The maximum absolute atomic E-state index is 9.92. The van der Waals surface area contributed by atoms with Gasteiger partial charge in [-0.25, -0.2) is 4.57 Å². The smallest absolute Gasteiger partial charge is 0.169 e. The summed E-state index contributed by atoms with van der Waals surface area (Å²) in [7, 11) is 1.95. The molecule has 0 spiro atoms. The van der Waals surface area contributed by atoms with Crippen molar-refractivity contribution < 1.29 is 9.67 Å². The van der Waals surface area contributed by atoms with Gasteiger partial charge in [0.1, 0.15) is 12.8 Å². The lowest BCUT2D eigenvalue weighted by Crippen LogP contribution is -2.25. The maximum atomic E-state index is 9.92. The Labute approximate surface area is 95.1 Å². The Bertz CT molecular complexity index is 486. The number of rotatable bonds is 2. The summed E-state index contributed by atoms with van der Waals surface area (Å²) >= 11 is 0. The summed E-state index contributed by atoms with van der Waals surface area (Å²) in [6.45, 7) is 0. The van der Waals surface area contributed by atoms with Gasteiger partial charge in [0, 0.05) is 17.7 Å². The van der Waals surface area contributed by atoms with Gasteiger partial charge >= 0.3 is 0 Å². The standard InChI is InChI=1S/C14H13NO/c1-15-9-7-13(8-10-15)14(16)11-12-5-3-2-4-6-12/h2-11H,1H3/p+1. The lowest BCUT2D eigenvalue weighted by atomic mass is 10.1. The van der Waals surface area contributed by atoms with Crippen molar-refractivity contribution in [3.8, 4) is 0 Å². The van der Waals surface area contributed by atoms with Crippen LogP contribution < -0.4 is 4.57 Å². The number of nitrogens with zero attached hydrogens (tertiary/aromatic N) is 1. The lowest BCUT2D eigenvalue weighted by Gasteiger charge is -1.99. The Balaban J connectivity index is 2.28. The zero-order valence-corrected chi connectivity index (χ0v) is 9.17. The molecule has 0 unspecified atom stereocenters. The monoisotopic (exact) mass is 212 g/mol. The van der Waals surface area contributed by atoms with Crippen molar-refractivity contribution in [3.05, 3.63) is 66.0 Å². The minimum absolute atomic E-state index is 0.284. The molecule has 2 rings (SSSR count). The number of benzene rings is 1. The van der Waals surface area contributed by atoms with E-state index in [1.807, 2.05) is 66.5 Å². The van der Waals surface area contributed by atoms with Crippen molar-refractivity contribution in [1.29, 1.82) is 0 Å². The molecule has 0 amide bonds. The molecule has 2 aromatic rings. The van der Waals surface area contributed by atoms with Crippen LogP contribution in [0.25, 0.3) is 11.8 Å². The third-order valence-electron chi connectivity index (χ3n) is 2.38. The Morgan fingerprint density at radius 3 is 2.31 bits per heavy atom. The molecular weight excluding hydrogens is 198 g/mol. The van der Waals surface area contributed by atoms with E-state index in [0.29, 0.717) is 0 Å². The van der Waals surface area contributed by atoms with E-state index in [4.69, 9.17) is 0 Å². The number of pyridine rings is 1. The average Bonchev–Trinajstić information content (AvgIpc) is 2.31. The SMILES string of the molecule is C[n+]1ccc(C(O)=Cc2ccccc2)cc1. The summed E-state index contributed by atoms with van der Waals surface area (Å²) in [5, 5.41) is 9.92. The molecule has 1 aromatic carbocycles. The van der Waals surface area contributed by atoms with Crippen molar-refractivity contribution in [2.45, 2.75) is 0 Å². The van der Waals surface area contributed by atoms with Gasteiger partial charge in [-0.1, -0.05) is 30.3 Å². The number of hydrogen-bond acceptors (Lipinski definition) is 1. The molecule has 0 aliphatic heterocycles. The van der Waals surface area contributed by atoms with Crippen molar-refractivity contribution in [3.63, 3.8) is 0 Å². The van der Waals surface area contributed by atoms with Gasteiger partial charge in [0.05, 0.1) is 0 Å². The summed E-state index contributed by atoms with van der Waals surface area (Å²) in [5.41, 5.74) is 1.81. The van der Waals surface area contributed by atoms with E-state index in [1.54, 1.807) is 6.08 Å². The highest BCUT2D eigenvalue weighted by Gasteiger charge is 2.00. The van der Waals surface area contributed by atoms with E-state index in [1.165, 1.54) is 0 Å². The molecule has 0 saturated carbocycles. The molecule has 0 bridgehead atoms. The third kappa shape index (κ3) is 2.48. The molecule has 16 heavy (non-hydrogen) atoms. The van der Waals surface area contributed by atoms with Crippen molar-refractivity contribution in [2.24, 2.45) is 7.05 Å². The first-order valence-corrected chi connectivity index (χ1v) is 5.17. The topological polar surface area (TPSA) is 24.1 Å². The summed E-state index contributed by atoms with van der Waals surface area (Å²) in [6, 6.07) is 13.5. The highest BCUT2D eigenvalue weighted by Crippen LogP contribution is 2.13. The van der Waals surface area contributed by atoms with Crippen LogP contribution in [0.2, 0.25) is 0 Å². The van der Waals surface area contributed by atoms with Crippen LogP contribution in [0.3, 0.4) is 0 Å². The molecule has 2 nitrogen and oxygen atoms in total. The van der Waals surface area contributed by atoms with E-state index >= 15 is 0 Å². The number of aryl methyl sites for hydroxylation is 1. The zero-order chi connectivity index (χ0) is 11.4. The van der Waals surface area contributed by atoms with Gasteiger partial charge in [-0.05, 0) is 11.6 Å². The second kappa shape index (κ2) is 4.62. The second-order valence-electron chi connectivity index (χ2n) is 3.69. The molecule has 0 fully saturated rings. The molecule has 0 aliphatic carbocycles. The van der Waals surface area contributed by atoms with Crippen molar-refractivity contribution >= 4 is 11.8 Å². The number of aliphatic hydroxyl groups is 1. The summed E-state index contributed by atoms with van der Waals surface area (Å²) in [4.78, 5) is 0. The molecule has 0 aliphatic rings. The molecule has 1 heterocycles. The van der Waals surface area contributed by atoms with Crippen LogP contribution in [0.15, 0.2) is 54.9 Å². The number of aliphatic hydroxyl groups excluding tert-OH is 1. The normalized spacial score (nSPS) is 11.4. The molecular formula is C14H14NO+. The fraction of sp³-hybridized carbons (Fsp3) is 0.0714. The third-order valence-corrected chi connectivity index (χ3v) is 2.38. The Morgan fingerprint density at radius 1 is 1.06 bits per heavy atom. The molecule has 0 saturated heterocycles. The van der Waals surface area contributed by atoms with Crippen LogP contribution >= 0.6 is 0 Å². The first kappa shape index (κ1) is 10.4. The van der Waals surface area contributed by atoms with E-state index < -0.39 is 0 Å². The van der Waals surface area contributed by atoms with E-state index in [9.17, 15) is 5.11 Å². The summed E-state index contributed by atoms with van der Waals surface area (Å²) in [5.74, 6) is 0.284. The van der Waals surface area contributed by atoms with Gasteiger partial charge in [-0.2, -0.15) is 0 Å². The molecule has 1 aromatic heterocycles. The quantitative estimate of drug-likeness (QED) is 0.600. The molecule has 80 valence electrons. The fourth-order valence-electron chi connectivity index (χ4n) is 1.46. The van der Waals surface area contributed by atoms with Crippen LogP contribution in [-0.4, -0.2) is 5.11 Å². The van der Waals surface area contributed by atoms with Crippen LogP contribution in [0.5, 0.6) is 0 Å². The van der Waals surface area contributed by atoms with Crippen LogP contribution in [0.1, 0.15) is 11.1 Å². The van der Waals surface area contributed by atoms with E-state index in [-0.39, 0.29) is 5.76 Å². The van der Waals surface area contributed by atoms with Gasteiger partial charge < -0.3 is 5.11 Å². The minimum Gasteiger partial charge on any atom is -0.507 e. The molecule has 0 atom stereocenters. The highest BCUT2D eigenvalue weighted by molar-refractivity contribution is 5.75. The predicted octanol–water partition coefficient (Wildman–Crippen LogP) is 2.57. The maximum Gasteiger partial charge on any atom is 0.169 e. The van der Waals surface area contributed by atoms with Gasteiger partial charge in [0.15, 0.2) is 12.4 Å². The lowest BCUT2D eigenvalue weighted by molar-refractivity contribution is -0.671. The predicted molar refractivity (Wildman–Crippen MR) is 64.6 cm³/mol. The Hall–Kier alpha value is -2.09. The minimum atomic E-state index is 0.284. The molecule has 0 radical (unpaired) electrons. The highest BCUT2D eigenvalue weighted by atomic mass is 16.3. The van der Waals surface area contributed by atoms with Crippen molar-refractivity contribution in [1.82, 2.24) is 0 Å². The molecule has 2 heteroatoms. The average molecular weight is 212 g/mol. The first-order chi connectivity index (χ1) is 7.75. The van der Waals surface area contributed by atoms with Gasteiger partial charge in [-0.3, -0.25) is 0 Å². The number of aromatic nitrogens is 1. The van der Waals surface area contributed by atoms with Crippen LogP contribution in [0.4, 0.5) is 0 Å². The second-order valence-corrected chi connectivity index (χ2v) is 3.69. The van der Waals surface area contributed by atoms with Crippen LogP contribution in [-0.2, 0) is 7.05 Å². The summed E-state index contributed by atoms with van der Waals surface area (Å²) < 4.78 is 1.93. The zero-order valence-electron chi connectivity index (χ0n) is 9.17. The first-order valence-electron chi connectivity index (χ1n) is 5.17. The van der Waals surface area contributed by atoms with E-state index in [0.717, 1.165) is 11.1 Å². The van der Waals surface area contributed by atoms with Crippen LogP contribution in [0, 0.1) is 0 Å². The Kier molecular flexibility index (Phi) is 3.01. The molecule has 1 N–H and O–H groups in total. The Morgan fingerprint density at radius 2 is 1.69 bits per heavy atom. The van der Waals surface area contributed by atoms with Gasteiger partial charge in [0.25, 0.3) is 0 Å². The van der Waals surface area contributed by atoms with Crippen molar-refractivity contribution in [2.75, 3.05) is 0 Å². The van der Waals surface area contributed by atoms with E-state index in [2.05, 4.69) is 0 Å².